The number of ketones is 2. The molecule has 15 atom stereocenters. The molecule has 1 amide bonds. The summed E-state index contributed by atoms with van der Waals surface area (Å²) in [5.74, 6) is -7.76. The molecule has 0 radical (unpaired) electrons. The van der Waals surface area contributed by atoms with Gasteiger partial charge >= 0.3 is 16.4 Å². The van der Waals surface area contributed by atoms with Crippen molar-refractivity contribution in [1.29, 1.82) is 0 Å². The molecular formula is C62H97ClN4O17S. The molecule has 480 valence electrons. The van der Waals surface area contributed by atoms with E-state index in [1.165, 1.54) is 19.1 Å². The zero-order valence-corrected chi connectivity index (χ0v) is 53.0. The molecule has 7 N–H and O–H groups in total. The number of carbonyl (C=O) groups excluding carboxylic acids is 4. The molecule has 2 aromatic rings. The van der Waals surface area contributed by atoms with Gasteiger partial charge in [0.25, 0.3) is 11.7 Å². The van der Waals surface area contributed by atoms with Gasteiger partial charge in [0.05, 0.1) is 42.6 Å². The van der Waals surface area contributed by atoms with Gasteiger partial charge in [-0.05, 0) is 153 Å². The van der Waals surface area contributed by atoms with Crippen LogP contribution in [-0.4, -0.2) is 191 Å². The molecule has 1 aromatic carbocycles. The number of amides is 1. The molecule has 6 rings (SSSR count). The Morgan fingerprint density at radius 1 is 0.965 bits per heavy atom. The van der Waals surface area contributed by atoms with Crippen LogP contribution >= 0.6 is 11.6 Å². The van der Waals surface area contributed by atoms with Crippen molar-refractivity contribution in [3.63, 3.8) is 0 Å². The number of carbonyl (C=O) groups is 4. The van der Waals surface area contributed by atoms with E-state index >= 15 is 0 Å². The van der Waals surface area contributed by atoms with Crippen molar-refractivity contribution in [3.05, 3.63) is 71.4 Å². The largest absolute Gasteiger partial charge is 0.456 e. The molecular weight excluding hydrogens is 1140 g/mol. The summed E-state index contributed by atoms with van der Waals surface area (Å²) in [5, 5.41) is 48.5. The number of Topliss-reactive ketones (excluding diaryl/α,β-unsaturated/α-hetero) is 2. The summed E-state index contributed by atoms with van der Waals surface area (Å²) in [6, 6.07) is 7.05. The number of esters is 1. The predicted octanol–water partition coefficient (Wildman–Crippen LogP) is 7.77. The van der Waals surface area contributed by atoms with Crippen LogP contribution < -0.4 is 5.32 Å². The lowest BCUT2D eigenvalue weighted by Gasteiger charge is -2.47. The Hall–Kier alpha value is -4.27. The average Bonchev–Trinajstić information content (AvgIpc) is 2.78. The zero-order valence-electron chi connectivity index (χ0n) is 51.4. The Labute approximate surface area is 508 Å². The van der Waals surface area contributed by atoms with Crippen LogP contribution in [0.25, 0.3) is 10.9 Å². The second-order valence-electron chi connectivity index (χ2n) is 23.6. The number of anilines is 1. The Morgan fingerprint density at radius 3 is 2.27 bits per heavy atom. The van der Waals surface area contributed by atoms with Crippen molar-refractivity contribution in [2.45, 2.75) is 193 Å². The topological polar surface area (TPSA) is 301 Å². The van der Waals surface area contributed by atoms with Crippen molar-refractivity contribution in [3.8, 4) is 0 Å². The number of hydrogen-bond acceptors (Lipinski definition) is 18. The molecule has 4 aliphatic rings. The second-order valence-corrected chi connectivity index (χ2v) is 24.9. The number of aromatic nitrogens is 1. The highest BCUT2D eigenvalue weighted by Gasteiger charge is 2.56. The number of ether oxygens (including phenoxy) is 5. The minimum absolute atomic E-state index is 0.00988. The van der Waals surface area contributed by atoms with Crippen molar-refractivity contribution < 1.29 is 80.8 Å². The normalized spacial score (nSPS) is 31.6. The summed E-state index contributed by atoms with van der Waals surface area (Å²) in [4.78, 5) is 64.5. The number of benzene rings is 1. The first-order valence-electron chi connectivity index (χ1n) is 29.9. The third-order valence-electron chi connectivity index (χ3n) is 17.0. The quantitative estimate of drug-likeness (QED) is 0.0365. The number of halogens is 1. The molecule has 3 fully saturated rings. The fourth-order valence-corrected chi connectivity index (χ4v) is 12.4. The van der Waals surface area contributed by atoms with Gasteiger partial charge in [0.1, 0.15) is 24.0 Å². The number of aliphatic hydroxyl groups excluding tert-OH is 3. The predicted molar refractivity (Wildman–Crippen MR) is 325 cm³/mol. The molecule has 2 saturated heterocycles. The Morgan fingerprint density at radius 2 is 1.64 bits per heavy atom. The molecule has 1 saturated carbocycles. The summed E-state index contributed by atoms with van der Waals surface area (Å²) in [6.45, 7) is 20.4. The maximum atomic E-state index is 14.3. The molecule has 1 aliphatic carbocycles. The smallest absolute Gasteiger partial charge is 0.394 e. The number of aliphatic hydroxyl groups is 4. The number of nitrogens with one attached hydrogen (secondary N) is 1. The fourth-order valence-electron chi connectivity index (χ4n) is 12.2. The summed E-state index contributed by atoms with van der Waals surface area (Å²) < 4.78 is 61.3. The molecule has 2 bridgehead atoms. The van der Waals surface area contributed by atoms with Gasteiger partial charge < -0.3 is 59.2 Å². The number of cyclic esters (lactones) is 1. The van der Waals surface area contributed by atoms with Gasteiger partial charge in [-0.25, -0.2) is 4.79 Å². The van der Waals surface area contributed by atoms with Crippen molar-refractivity contribution in [2.24, 2.45) is 29.6 Å². The summed E-state index contributed by atoms with van der Waals surface area (Å²) in [6.07, 6.45) is 8.93. The first-order chi connectivity index (χ1) is 40.1. The van der Waals surface area contributed by atoms with Crippen LogP contribution in [0.5, 0.6) is 0 Å². The fraction of sp³-hybridized carbons (Fsp3) is 0.694. The number of likely N-dealkylation sites (N-methyl/N-ethyl adjacent to an activating group) is 1. The number of fused-ring (bicyclic) bond motifs is 4. The number of pyridine rings is 1. The van der Waals surface area contributed by atoms with Crippen LogP contribution in [0.1, 0.15) is 132 Å². The Bertz CT molecular complexity index is 2650. The summed E-state index contributed by atoms with van der Waals surface area (Å²) >= 11 is 6.03. The van der Waals surface area contributed by atoms with E-state index in [9.17, 15) is 34.5 Å². The first kappa shape index (κ1) is 73.2. The van der Waals surface area contributed by atoms with E-state index in [4.69, 9.17) is 57.9 Å². The minimum atomic E-state index is -4.67. The highest BCUT2D eigenvalue weighted by Crippen LogP contribution is 2.40. The van der Waals surface area contributed by atoms with Gasteiger partial charge in [0, 0.05) is 86.9 Å². The Balaban J connectivity index is 0.000000454. The molecule has 4 heterocycles. The van der Waals surface area contributed by atoms with Crippen LogP contribution in [0.3, 0.4) is 0 Å². The number of nitrogens with zero attached hydrogens (tertiary/aromatic N) is 3. The number of methoxy groups -OCH3 is 3. The van der Waals surface area contributed by atoms with Gasteiger partial charge in [0.2, 0.25) is 5.79 Å². The standard InChI is InChI=1S/C44H69NO12.C18H26ClN3O.H2O4S/c1-10-13-31-19-25(2)18-26(3)20-37(54-8)40-38(55-9)22-28(5)44(52,57-40)41(49)42(50)45-17-12-11-14-32(45)43(51)56-39(29(6)34(47)24-35(31)48)27(4)21-30-15-16-33(46)36(23-30)53-7;1-3-22(11-12-23)10-4-5-14(2)21-17-8-9-20-18-13-15(19)6-7-16(17)18;1-5(2,3)4/h10,19,21,26,28-34,36-40,46-47,52H,1,11-18,20,22-24H2,2-9H3;6-9,13-14,23H,3-5,10-12H2,1-2H3,(H,20,21);(H2,1,2,3,4)/b25-19+,27-21+;;/t26-,28+,29+,30-,31+,32-,33+,34-,36+,37-,38-,39+,40+,44+;;/m0../s1. The van der Waals surface area contributed by atoms with E-state index in [2.05, 4.69) is 35.6 Å². The summed E-state index contributed by atoms with van der Waals surface area (Å²) in [7, 11) is -0.0555. The molecule has 85 heavy (non-hydrogen) atoms. The van der Waals surface area contributed by atoms with Crippen molar-refractivity contribution in [1.82, 2.24) is 14.8 Å². The Kier molecular flexibility index (Phi) is 30.2. The molecule has 3 aliphatic heterocycles. The van der Waals surface area contributed by atoms with E-state index in [1.807, 2.05) is 63.4 Å². The first-order valence-corrected chi connectivity index (χ1v) is 31.6. The van der Waals surface area contributed by atoms with E-state index < -0.39 is 94.3 Å². The number of allylic oxidation sites excluding steroid dienone is 4. The highest BCUT2D eigenvalue weighted by atomic mass is 35.5. The SMILES string of the molecule is C=CC[C@@H]1/C=C(\C)C[C@H](C)C[C@H](OC)[C@H]2O[C@@](O)(C(=O)C(=O)N3CCCC[C@H]3C(=O)O[C@H](/C(C)=C/[C@@H]3CC[C@@H](O)[C@H](OC)C3)[C@H](C)[C@@H](O)CC1=O)[C@H](C)C[C@@H]2OC.CCN(CCO)CCCC(C)Nc1ccnc2cc(Cl)ccc12.O=S(=O)(O)O. The van der Waals surface area contributed by atoms with Gasteiger partial charge in [-0.15, -0.1) is 6.58 Å². The molecule has 21 nitrogen and oxygen atoms in total. The lowest BCUT2D eigenvalue weighted by Crippen LogP contribution is -2.64. The average molecular weight is 1240 g/mol. The third-order valence-corrected chi connectivity index (χ3v) is 17.2. The van der Waals surface area contributed by atoms with E-state index in [0.717, 1.165) is 54.6 Å². The molecule has 1 aromatic heterocycles. The van der Waals surface area contributed by atoms with Crippen LogP contribution in [0.15, 0.2) is 66.4 Å². The molecule has 23 heteroatoms. The lowest BCUT2D eigenvalue weighted by atomic mass is 9.81. The van der Waals surface area contributed by atoms with Crippen LogP contribution in [0.2, 0.25) is 5.02 Å². The van der Waals surface area contributed by atoms with Crippen molar-refractivity contribution in [2.75, 3.05) is 59.4 Å². The number of piperidine rings is 1. The third kappa shape index (κ3) is 22.1. The van der Waals surface area contributed by atoms with Gasteiger partial charge in [-0.3, -0.25) is 28.5 Å². The van der Waals surface area contributed by atoms with Crippen molar-refractivity contribution >= 4 is 62.0 Å². The van der Waals surface area contributed by atoms with E-state index in [1.54, 1.807) is 27.0 Å². The van der Waals surface area contributed by atoms with Gasteiger partial charge in [0.15, 0.2) is 0 Å². The second kappa shape index (κ2) is 35.1. The maximum absolute atomic E-state index is 14.3. The summed E-state index contributed by atoms with van der Waals surface area (Å²) in [5.41, 5.74) is 3.62. The lowest BCUT2D eigenvalue weighted by molar-refractivity contribution is -0.302. The highest BCUT2D eigenvalue weighted by molar-refractivity contribution is 7.79. The van der Waals surface area contributed by atoms with Gasteiger partial charge in [-0.1, -0.05) is 63.1 Å². The van der Waals surface area contributed by atoms with Crippen LogP contribution in [0.4, 0.5) is 5.69 Å². The number of rotatable bonds is 16. The number of hydrogen-bond donors (Lipinski definition) is 7. The molecule has 1 unspecified atom stereocenters. The molecule has 0 spiro atoms. The van der Waals surface area contributed by atoms with E-state index in [-0.39, 0.29) is 56.1 Å². The van der Waals surface area contributed by atoms with Crippen LogP contribution in [0, 0.1) is 29.6 Å². The van der Waals surface area contributed by atoms with Crippen LogP contribution in [-0.2, 0) is 53.3 Å². The zero-order chi connectivity index (χ0) is 63.3. The minimum Gasteiger partial charge on any atom is -0.456 e. The monoisotopic (exact) mass is 1240 g/mol. The van der Waals surface area contributed by atoms with E-state index in [0.29, 0.717) is 68.0 Å². The maximum Gasteiger partial charge on any atom is 0.394 e. The van der Waals surface area contributed by atoms with Gasteiger partial charge in [-0.2, -0.15) is 8.42 Å².